The Morgan fingerprint density at radius 3 is 2.58 bits per heavy atom. The Morgan fingerprint density at radius 1 is 1.12 bits per heavy atom. The molecule has 0 spiro atoms. The van der Waals surface area contributed by atoms with Gasteiger partial charge in [-0.2, -0.15) is 0 Å². The Hall–Kier alpha value is -2.57. The molecule has 1 aromatic carbocycles. The van der Waals surface area contributed by atoms with E-state index in [9.17, 15) is 14.4 Å². The molecule has 142 valence electrons. The van der Waals surface area contributed by atoms with Gasteiger partial charge in [-0.3, -0.25) is 14.4 Å². The number of ether oxygens (including phenoxy) is 1. The number of hydrogen-bond acceptors (Lipinski definition) is 4. The molecule has 0 unspecified atom stereocenters. The monoisotopic (exact) mass is 362 g/mol. The molecule has 26 heavy (non-hydrogen) atoms. The van der Waals surface area contributed by atoms with E-state index in [0.717, 1.165) is 25.7 Å². The number of carbonyl (C=O) groups is 3. The summed E-state index contributed by atoms with van der Waals surface area (Å²) in [7, 11) is 0. The van der Waals surface area contributed by atoms with Crippen molar-refractivity contribution >= 4 is 23.5 Å². The molecule has 1 fully saturated rings. The second-order valence-electron chi connectivity index (χ2n) is 6.40. The van der Waals surface area contributed by atoms with Crippen LogP contribution in [-0.2, 0) is 14.4 Å². The van der Waals surface area contributed by atoms with Crippen molar-refractivity contribution in [2.75, 3.05) is 25.0 Å². The van der Waals surface area contributed by atoms with Crippen LogP contribution in [0.2, 0.25) is 0 Å². The van der Waals surface area contributed by atoms with Crippen LogP contribution in [0.15, 0.2) is 24.3 Å². The molecule has 0 bridgehead atoms. The smallest absolute Gasteiger partial charge is 0.303 e. The maximum Gasteiger partial charge on any atom is 0.303 e. The fraction of sp³-hybridized carbons (Fsp3) is 0.526. The first-order valence-corrected chi connectivity index (χ1v) is 9.07. The number of anilines is 1. The number of carboxylic acid groups (broad SMARTS) is 1. The van der Waals surface area contributed by atoms with Crippen LogP contribution in [0.1, 0.15) is 44.9 Å². The second kappa shape index (κ2) is 10.4. The Bertz CT molecular complexity index is 615. The minimum absolute atomic E-state index is 0.0463. The van der Waals surface area contributed by atoms with Gasteiger partial charge in [-0.1, -0.05) is 12.8 Å². The van der Waals surface area contributed by atoms with E-state index in [1.807, 2.05) is 0 Å². The van der Waals surface area contributed by atoms with Crippen LogP contribution in [0, 0.1) is 0 Å². The molecule has 0 saturated carbocycles. The Morgan fingerprint density at radius 2 is 1.85 bits per heavy atom. The first-order chi connectivity index (χ1) is 12.5. The minimum Gasteiger partial charge on any atom is -0.494 e. The third kappa shape index (κ3) is 7.13. The highest BCUT2D eigenvalue weighted by atomic mass is 16.5. The van der Waals surface area contributed by atoms with E-state index in [1.165, 1.54) is 0 Å². The number of benzene rings is 1. The number of aliphatic carboxylic acids is 1. The number of nitrogens with one attached hydrogen (secondary N) is 1. The molecule has 0 aromatic heterocycles. The SMILES string of the molecule is O=C(O)CCCOc1ccc(NC(=O)CN2CCCCCCC2=O)cc1. The summed E-state index contributed by atoms with van der Waals surface area (Å²) in [5.41, 5.74) is 0.632. The van der Waals surface area contributed by atoms with Gasteiger partial charge in [0, 0.05) is 25.1 Å². The first kappa shape index (κ1) is 19.8. The van der Waals surface area contributed by atoms with Gasteiger partial charge in [0.2, 0.25) is 11.8 Å². The molecule has 7 heteroatoms. The zero-order valence-corrected chi connectivity index (χ0v) is 14.9. The van der Waals surface area contributed by atoms with Gasteiger partial charge in [0.05, 0.1) is 13.2 Å². The molecule has 1 heterocycles. The molecular weight excluding hydrogens is 336 g/mol. The van der Waals surface area contributed by atoms with Gasteiger partial charge < -0.3 is 20.1 Å². The molecule has 1 aliphatic heterocycles. The number of amides is 2. The van der Waals surface area contributed by atoms with Crippen molar-refractivity contribution in [3.63, 3.8) is 0 Å². The summed E-state index contributed by atoms with van der Waals surface area (Å²) < 4.78 is 5.45. The van der Waals surface area contributed by atoms with E-state index < -0.39 is 5.97 Å². The molecule has 2 N–H and O–H groups in total. The standard InChI is InChI=1S/C19H26N2O5/c22-17(14-21-12-4-2-1-3-6-18(21)23)20-15-8-10-16(11-9-15)26-13-5-7-19(24)25/h8-11H,1-7,12-14H2,(H,20,22)(H,24,25). The van der Waals surface area contributed by atoms with Crippen molar-refractivity contribution < 1.29 is 24.2 Å². The number of likely N-dealkylation sites (tertiary alicyclic amines) is 1. The van der Waals surface area contributed by atoms with Crippen LogP contribution >= 0.6 is 0 Å². The van der Waals surface area contributed by atoms with Gasteiger partial charge in [-0.25, -0.2) is 0 Å². The van der Waals surface area contributed by atoms with E-state index >= 15 is 0 Å². The number of hydrogen-bond donors (Lipinski definition) is 2. The highest BCUT2D eigenvalue weighted by molar-refractivity contribution is 5.94. The average molecular weight is 362 g/mol. The zero-order chi connectivity index (χ0) is 18.8. The summed E-state index contributed by atoms with van der Waals surface area (Å²) >= 11 is 0. The summed E-state index contributed by atoms with van der Waals surface area (Å²) in [6, 6.07) is 6.88. The van der Waals surface area contributed by atoms with Crippen LogP contribution in [-0.4, -0.2) is 47.5 Å². The van der Waals surface area contributed by atoms with Crippen molar-refractivity contribution in [1.29, 1.82) is 0 Å². The largest absolute Gasteiger partial charge is 0.494 e. The highest BCUT2D eigenvalue weighted by Gasteiger charge is 2.18. The van der Waals surface area contributed by atoms with Crippen LogP contribution in [0.25, 0.3) is 0 Å². The minimum atomic E-state index is -0.842. The quantitative estimate of drug-likeness (QED) is 0.693. The number of rotatable bonds is 8. The van der Waals surface area contributed by atoms with Gasteiger partial charge in [0.1, 0.15) is 5.75 Å². The van der Waals surface area contributed by atoms with E-state index in [-0.39, 0.29) is 24.8 Å². The lowest BCUT2D eigenvalue weighted by molar-refractivity contribution is -0.137. The molecule has 2 amide bonds. The lowest BCUT2D eigenvalue weighted by atomic mass is 10.1. The molecular formula is C19H26N2O5. The number of nitrogens with zero attached hydrogens (tertiary/aromatic N) is 1. The van der Waals surface area contributed by atoms with Crippen molar-refractivity contribution in [2.45, 2.75) is 44.9 Å². The fourth-order valence-corrected chi connectivity index (χ4v) is 2.80. The van der Waals surface area contributed by atoms with Crippen LogP contribution in [0.4, 0.5) is 5.69 Å². The van der Waals surface area contributed by atoms with Crippen LogP contribution in [0.5, 0.6) is 5.75 Å². The van der Waals surface area contributed by atoms with E-state index in [1.54, 1.807) is 29.2 Å². The summed E-state index contributed by atoms with van der Waals surface area (Å²) in [6.45, 7) is 1.04. The second-order valence-corrected chi connectivity index (χ2v) is 6.40. The molecule has 1 aliphatic rings. The lowest BCUT2D eigenvalue weighted by Gasteiger charge is -2.24. The predicted molar refractivity (Wildman–Crippen MR) is 97.1 cm³/mol. The summed E-state index contributed by atoms with van der Waals surface area (Å²) in [5, 5.41) is 11.4. The summed E-state index contributed by atoms with van der Waals surface area (Å²) in [4.78, 5) is 36.3. The summed E-state index contributed by atoms with van der Waals surface area (Å²) in [6.07, 6.45) is 5.04. The van der Waals surface area contributed by atoms with E-state index in [0.29, 0.717) is 37.4 Å². The maximum absolute atomic E-state index is 12.2. The van der Waals surface area contributed by atoms with Crippen molar-refractivity contribution in [2.24, 2.45) is 0 Å². The van der Waals surface area contributed by atoms with Gasteiger partial charge in [0.25, 0.3) is 0 Å². The molecule has 1 aromatic rings. The highest BCUT2D eigenvalue weighted by Crippen LogP contribution is 2.16. The Kier molecular flexibility index (Phi) is 7.92. The molecule has 0 aliphatic carbocycles. The van der Waals surface area contributed by atoms with Crippen LogP contribution < -0.4 is 10.1 Å². The molecule has 0 radical (unpaired) electrons. The molecule has 2 rings (SSSR count). The number of carbonyl (C=O) groups excluding carboxylic acids is 2. The van der Waals surface area contributed by atoms with Gasteiger partial charge >= 0.3 is 5.97 Å². The fourth-order valence-electron chi connectivity index (χ4n) is 2.80. The third-order valence-corrected chi connectivity index (χ3v) is 4.20. The Balaban J connectivity index is 1.77. The van der Waals surface area contributed by atoms with Crippen molar-refractivity contribution in [1.82, 2.24) is 4.90 Å². The third-order valence-electron chi connectivity index (χ3n) is 4.20. The van der Waals surface area contributed by atoms with Gasteiger partial charge in [-0.15, -0.1) is 0 Å². The average Bonchev–Trinajstić information content (AvgIpc) is 2.60. The van der Waals surface area contributed by atoms with Crippen LogP contribution in [0.3, 0.4) is 0 Å². The molecule has 1 saturated heterocycles. The molecule has 7 nitrogen and oxygen atoms in total. The Labute approximate surface area is 153 Å². The number of carboxylic acids is 1. The normalized spacial score (nSPS) is 15.1. The first-order valence-electron chi connectivity index (χ1n) is 9.07. The van der Waals surface area contributed by atoms with Gasteiger partial charge in [-0.05, 0) is 43.5 Å². The van der Waals surface area contributed by atoms with E-state index in [4.69, 9.17) is 9.84 Å². The van der Waals surface area contributed by atoms with Crippen molar-refractivity contribution in [3.8, 4) is 5.75 Å². The van der Waals surface area contributed by atoms with Crippen molar-refractivity contribution in [3.05, 3.63) is 24.3 Å². The topological polar surface area (TPSA) is 95.9 Å². The van der Waals surface area contributed by atoms with Gasteiger partial charge in [0.15, 0.2) is 0 Å². The lowest BCUT2D eigenvalue weighted by Crippen LogP contribution is -2.39. The summed E-state index contributed by atoms with van der Waals surface area (Å²) in [5.74, 6) is -0.392. The van der Waals surface area contributed by atoms with E-state index in [2.05, 4.69) is 5.32 Å². The molecule has 0 atom stereocenters. The maximum atomic E-state index is 12.2. The predicted octanol–water partition coefficient (Wildman–Crippen LogP) is 2.66. The zero-order valence-electron chi connectivity index (χ0n) is 14.9.